The van der Waals surface area contributed by atoms with E-state index < -0.39 is 13.7 Å². The van der Waals surface area contributed by atoms with E-state index in [0.29, 0.717) is 48.9 Å². The van der Waals surface area contributed by atoms with Gasteiger partial charge in [-0.3, -0.25) is 4.68 Å². The second kappa shape index (κ2) is 10.4. The van der Waals surface area contributed by atoms with E-state index in [1.54, 1.807) is 24.7 Å². The van der Waals surface area contributed by atoms with Crippen molar-refractivity contribution in [3.05, 3.63) is 35.6 Å². The quantitative estimate of drug-likeness (QED) is 0.169. The van der Waals surface area contributed by atoms with E-state index in [-0.39, 0.29) is 0 Å². The molecule has 0 saturated heterocycles. The average molecular weight is 530 g/mol. The zero-order chi connectivity index (χ0) is 26.1. The number of fused-ring (bicyclic) bond motifs is 2. The maximum Gasteiger partial charge on any atom is 0.231 e. The number of aromatic nitrogens is 5. The summed E-state index contributed by atoms with van der Waals surface area (Å²) >= 11 is 6.61. The highest BCUT2D eigenvalue weighted by atomic mass is 35.5. The summed E-state index contributed by atoms with van der Waals surface area (Å²) < 4.78 is 9.71. The van der Waals surface area contributed by atoms with E-state index in [9.17, 15) is 5.11 Å². The number of halogens is 1. The van der Waals surface area contributed by atoms with Gasteiger partial charge in [-0.15, -0.1) is 0 Å². The number of hydrogen-bond donors (Lipinski definition) is 3. The summed E-state index contributed by atoms with van der Waals surface area (Å²) in [5.74, 6) is 1.11. The van der Waals surface area contributed by atoms with E-state index in [1.165, 1.54) is 0 Å². The van der Waals surface area contributed by atoms with Crippen molar-refractivity contribution < 1.29 is 9.84 Å². The van der Waals surface area contributed by atoms with Gasteiger partial charge in [0.05, 0.1) is 40.0 Å². The Labute approximate surface area is 217 Å². The molecule has 1 aromatic carbocycles. The van der Waals surface area contributed by atoms with Crippen molar-refractivity contribution in [1.29, 1.82) is 0 Å². The first-order valence-corrected chi connectivity index (χ1v) is 16.4. The molecule has 0 atom stereocenters. The zero-order valence-electron chi connectivity index (χ0n) is 21.9. The monoisotopic (exact) mass is 529 g/mol. The van der Waals surface area contributed by atoms with Crippen molar-refractivity contribution in [2.24, 2.45) is 0 Å². The van der Waals surface area contributed by atoms with Gasteiger partial charge < -0.3 is 25.0 Å². The molecular formula is C25H36ClN7O2Si. The zero-order valence-corrected chi connectivity index (χ0v) is 23.6. The number of ether oxygens (including phenoxy) is 1. The molecule has 0 unspecified atom stereocenters. The number of anilines is 3. The van der Waals surface area contributed by atoms with Crippen molar-refractivity contribution >= 4 is 59.1 Å². The molecule has 0 radical (unpaired) electrons. The van der Waals surface area contributed by atoms with Gasteiger partial charge in [-0.2, -0.15) is 15.1 Å². The van der Waals surface area contributed by atoms with Crippen molar-refractivity contribution in [1.82, 2.24) is 24.3 Å². The molecule has 194 valence electrons. The fourth-order valence-corrected chi connectivity index (χ4v) is 5.00. The number of benzene rings is 1. The number of nitrogens with zero attached hydrogens (tertiary/aromatic N) is 5. The molecule has 0 saturated carbocycles. The Morgan fingerprint density at radius 2 is 1.97 bits per heavy atom. The third-order valence-corrected chi connectivity index (χ3v) is 7.70. The minimum atomic E-state index is -1.18. The third-order valence-electron chi connectivity index (χ3n) is 5.71. The van der Waals surface area contributed by atoms with Crippen LogP contribution in [0.4, 0.5) is 17.5 Å². The van der Waals surface area contributed by atoms with Crippen LogP contribution in [0.3, 0.4) is 0 Å². The van der Waals surface area contributed by atoms with Crippen LogP contribution in [0.25, 0.3) is 21.9 Å². The summed E-state index contributed by atoms with van der Waals surface area (Å²) in [4.78, 5) is 9.54. The molecule has 0 aliphatic carbocycles. The molecule has 9 nitrogen and oxygen atoms in total. The molecule has 0 aliphatic rings. The van der Waals surface area contributed by atoms with Crippen LogP contribution in [0, 0.1) is 0 Å². The predicted molar refractivity (Wildman–Crippen MR) is 150 cm³/mol. The number of rotatable bonds is 11. The largest absolute Gasteiger partial charge is 0.389 e. The molecule has 0 aliphatic heterocycles. The summed E-state index contributed by atoms with van der Waals surface area (Å²) in [7, 11) is -1.18. The molecule has 36 heavy (non-hydrogen) atoms. The molecule has 0 bridgehead atoms. The fourth-order valence-electron chi connectivity index (χ4n) is 3.96. The van der Waals surface area contributed by atoms with Gasteiger partial charge in [0, 0.05) is 32.8 Å². The highest BCUT2D eigenvalue weighted by Gasteiger charge is 2.19. The lowest BCUT2D eigenvalue weighted by molar-refractivity contribution is 0.0591. The van der Waals surface area contributed by atoms with Crippen LogP contribution >= 0.6 is 11.6 Å². The summed E-state index contributed by atoms with van der Waals surface area (Å²) in [5, 5.41) is 23.7. The molecular weight excluding hydrogens is 494 g/mol. The van der Waals surface area contributed by atoms with Crippen LogP contribution < -0.4 is 10.6 Å². The first-order valence-electron chi connectivity index (χ1n) is 12.3. The second-order valence-electron chi connectivity index (χ2n) is 10.9. The van der Waals surface area contributed by atoms with Crippen LogP contribution in [-0.2, 0) is 18.0 Å². The molecule has 3 N–H and O–H groups in total. The fraction of sp³-hybridized carbons (Fsp3) is 0.480. The van der Waals surface area contributed by atoms with E-state index in [1.807, 2.05) is 35.9 Å². The van der Waals surface area contributed by atoms with E-state index >= 15 is 0 Å². The van der Waals surface area contributed by atoms with Gasteiger partial charge in [0.25, 0.3) is 0 Å². The molecule has 0 spiro atoms. The minimum absolute atomic E-state index is 0.370. The average Bonchev–Trinajstić information content (AvgIpc) is 3.31. The standard InChI is InChI=1S/C25H36ClN7O2Si/c1-7-27-22-21-18(26)14-32(16-35-11-12-36(4,5)6)23(21)31-24(30-22)29-19-9-8-10-20-17(19)13-28-33(20)15-25(2,3)34/h8-10,13-14,34H,7,11-12,15-16H2,1-6H3,(H2,27,29,30,31). The lowest BCUT2D eigenvalue weighted by Crippen LogP contribution is -2.26. The van der Waals surface area contributed by atoms with Gasteiger partial charge >= 0.3 is 0 Å². The van der Waals surface area contributed by atoms with Crippen molar-refractivity contribution in [2.45, 2.75) is 65.3 Å². The van der Waals surface area contributed by atoms with Gasteiger partial charge in [-0.1, -0.05) is 37.3 Å². The van der Waals surface area contributed by atoms with Gasteiger partial charge in [-0.25, -0.2) is 0 Å². The molecule has 0 amide bonds. The van der Waals surface area contributed by atoms with E-state index in [0.717, 1.165) is 28.0 Å². The van der Waals surface area contributed by atoms with Crippen molar-refractivity contribution in [3.8, 4) is 0 Å². The van der Waals surface area contributed by atoms with E-state index in [4.69, 9.17) is 26.3 Å². The van der Waals surface area contributed by atoms with Crippen LogP contribution in [-0.4, -0.2) is 56.2 Å². The molecule has 0 fully saturated rings. The lowest BCUT2D eigenvalue weighted by Gasteiger charge is -2.17. The topological polar surface area (TPSA) is 102 Å². The Balaban J connectivity index is 1.67. The second-order valence-corrected chi connectivity index (χ2v) is 16.9. The van der Waals surface area contributed by atoms with Gasteiger partial charge in [0.1, 0.15) is 12.5 Å². The summed E-state index contributed by atoms with van der Waals surface area (Å²) in [6.07, 6.45) is 3.64. The van der Waals surface area contributed by atoms with Crippen molar-refractivity contribution in [3.63, 3.8) is 0 Å². The SMILES string of the molecule is CCNc1nc(Nc2cccc3c2cnn3CC(C)(C)O)nc2c1c(Cl)cn2COCC[Si](C)(C)C. The van der Waals surface area contributed by atoms with Crippen LogP contribution in [0.2, 0.25) is 30.7 Å². The summed E-state index contributed by atoms with van der Waals surface area (Å²) in [5.41, 5.74) is 1.56. The summed E-state index contributed by atoms with van der Waals surface area (Å²) in [6.45, 7) is 14.7. The van der Waals surface area contributed by atoms with Gasteiger partial charge in [0.15, 0.2) is 5.65 Å². The Morgan fingerprint density at radius 1 is 1.19 bits per heavy atom. The molecule has 4 rings (SSSR count). The Morgan fingerprint density at radius 3 is 2.67 bits per heavy atom. The molecule has 3 aromatic heterocycles. The molecule has 4 aromatic rings. The lowest BCUT2D eigenvalue weighted by atomic mass is 10.1. The maximum atomic E-state index is 10.3. The Kier molecular flexibility index (Phi) is 7.61. The molecule has 3 heterocycles. The summed E-state index contributed by atoms with van der Waals surface area (Å²) in [6, 6.07) is 6.99. The predicted octanol–water partition coefficient (Wildman–Crippen LogP) is 5.69. The first kappa shape index (κ1) is 26.4. The van der Waals surface area contributed by atoms with Crippen LogP contribution in [0.5, 0.6) is 0 Å². The highest BCUT2D eigenvalue weighted by Crippen LogP contribution is 2.33. The number of aliphatic hydroxyl groups is 1. The maximum absolute atomic E-state index is 10.3. The van der Waals surface area contributed by atoms with E-state index in [2.05, 4.69) is 35.4 Å². The number of hydrogen-bond acceptors (Lipinski definition) is 7. The smallest absolute Gasteiger partial charge is 0.231 e. The number of nitrogens with one attached hydrogen (secondary N) is 2. The molecule has 11 heteroatoms. The Hall–Kier alpha value is -2.66. The third kappa shape index (κ3) is 6.18. The van der Waals surface area contributed by atoms with Crippen molar-refractivity contribution in [2.75, 3.05) is 23.8 Å². The minimum Gasteiger partial charge on any atom is -0.389 e. The van der Waals surface area contributed by atoms with Gasteiger partial charge in [-0.05, 0) is 38.9 Å². The Bertz CT molecular complexity index is 1350. The van der Waals surface area contributed by atoms with Crippen LogP contribution in [0.15, 0.2) is 30.6 Å². The van der Waals surface area contributed by atoms with Gasteiger partial charge in [0.2, 0.25) is 5.95 Å². The van der Waals surface area contributed by atoms with Crippen LogP contribution in [0.1, 0.15) is 20.8 Å². The normalized spacial score (nSPS) is 12.6. The highest BCUT2D eigenvalue weighted by molar-refractivity contribution is 6.76. The first-order chi connectivity index (χ1) is 16.9.